The highest BCUT2D eigenvalue weighted by molar-refractivity contribution is 6.17. The minimum absolute atomic E-state index is 0.633. The molecule has 0 fully saturated rings. The van der Waals surface area contributed by atoms with Gasteiger partial charge in [-0.05, 0) is 64.1 Å². The quantitative estimate of drug-likeness (QED) is 0.196. The van der Waals surface area contributed by atoms with Crippen LogP contribution in [0.2, 0.25) is 0 Å². The summed E-state index contributed by atoms with van der Waals surface area (Å²) in [6, 6.07) is 48.2. The van der Waals surface area contributed by atoms with Crippen molar-refractivity contribution in [1.29, 1.82) is 0 Å². The average molecular weight is 604 g/mol. The predicted molar refractivity (Wildman–Crippen MR) is 193 cm³/mol. The van der Waals surface area contributed by atoms with Gasteiger partial charge in [0.1, 0.15) is 11.2 Å². The van der Waals surface area contributed by atoms with Crippen LogP contribution in [0.3, 0.4) is 0 Å². The van der Waals surface area contributed by atoms with Gasteiger partial charge in [0.25, 0.3) is 0 Å². The molecule has 4 heteroatoms. The molecule has 8 aromatic rings. The van der Waals surface area contributed by atoms with Crippen LogP contribution in [0.25, 0.3) is 77.8 Å². The van der Waals surface area contributed by atoms with E-state index in [9.17, 15) is 0 Å². The third-order valence-corrected chi connectivity index (χ3v) is 9.10. The number of rotatable bonds is 5. The Kier molecular flexibility index (Phi) is 6.57. The lowest BCUT2D eigenvalue weighted by atomic mass is 9.93. The fourth-order valence-electron chi connectivity index (χ4n) is 6.76. The Morgan fingerprint density at radius 1 is 0.426 bits per heavy atom. The van der Waals surface area contributed by atoms with Crippen LogP contribution >= 0.6 is 0 Å². The van der Waals surface area contributed by atoms with E-state index in [0.717, 1.165) is 62.6 Å². The molecule has 4 nitrogen and oxygen atoms in total. The average Bonchev–Trinajstić information content (AvgIpc) is 3.55. The van der Waals surface area contributed by atoms with Gasteiger partial charge >= 0.3 is 0 Å². The van der Waals surface area contributed by atoms with Crippen molar-refractivity contribution in [2.45, 2.75) is 12.8 Å². The molecule has 0 N–H and O–H groups in total. The normalized spacial score (nSPS) is 13.2. The molecular weight excluding hydrogens is 574 g/mol. The van der Waals surface area contributed by atoms with Gasteiger partial charge in [0.05, 0.1) is 0 Å². The van der Waals surface area contributed by atoms with Crippen LogP contribution in [0.15, 0.2) is 156 Å². The van der Waals surface area contributed by atoms with Crippen molar-refractivity contribution in [3.05, 3.63) is 163 Å². The fourth-order valence-corrected chi connectivity index (χ4v) is 6.76. The largest absolute Gasteiger partial charge is 0.455 e. The van der Waals surface area contributed by atoms with Crippen LogP contribution in [-0.2, 0) is 0 Å². The first-order valence-corrected chi connectivity index (χ1v) is 16.0. The summed E-state index contributed by atoms with van der Waals surface area (Å²) in [7, 11) is 0. The van der Waals surface area contributed by atoms with Crippen molar-refractivity contribution >= 4 is 43.9 Å². The number of allylic oxidation sites excluding steroid dienone is 4. The number of furan rings is 1. The number of para-hydroxylation sites is 1. The molecule has 9 rings (SSSR count). The summed E-state index contributed by atoms with van der Waals surface area (Å²) in [6.45, 7) is 0. The van der Waals surface area contributed by atoms with Crippen LogP contribution in [0.5, 0.6) is 0 Å². The van der Waals surface area contributed by atoms with E-state index in [-0.39, 0.29) is 0 Å². The molecule has 0 aliphatic heterocycles. The van der Waals surface area contributed by atoms with Crippen LogP contribution in [-0.4, -0.2) is 15.0 Å². The molecule has 0 saturated heterocycles. The first-order chi connectivity index (χ1) is 23.3. The van der Waals surface area contributed by atoms with E-state index >= 15 is 0 Å². The zero-order chi connectivity index (χ0) is 31.2. The van der Waals surface area contributed by atoms with E-state index in [1.54, 1.807) is 0 Å². The highest BCUT2D eigenvalue weighted by atomic mass is 16.3. The van der Waals surface area contributed by atoms with Crippen molar-refractivity contribution in [1.82, 2.24) is 15.0 Å². The summed E-state index contributed by atoms with van der Waals surface area (Å²) in [5.74, 6) is 1.99. The zero-order valence-corrected chi connectivity index (χ0v) is 25.6. The predicted octanol–water partition coefficient (Wildman–Crippen LogP) is 11.2. The number of nitrogens with zero attached hydrogens (tertiary/aromatic N) is 3. The van der Waals surface area contributed by atoms with E-state index < -0.39 is 0 Å². The molecule has 6 aromatic carbocycles. The minimum atomic E-state index is 0.633. The van der Waals surface area contributed by atoms with E-state index in [1.807, 2.05) is 30.3 Å². The lowest BCUT2D eigenvalue weighted by molar-refractivity contribution is 0.670. The zero-order valence-electron chi connectivity index (χ0n) is 25.6. The Morgan fingerprint density at radius 2 is 1.04 bits per heavy atom. The summed E-state index contributed by atoms with van der Waals surface area (Å²) in [4.78, 5) is 15.3. The Bertz CT molecular complexity index is 2500. The molecule has 222 valence electrons. The van der Waals surface area contributed by atoms with E-state index in [4.69, 9.17) is 19.4 Å². The first-order valence-electron chi connectivity index (χ1n) is 16.0. The Hall–Kier alpha value is -6.13. The second kappa shape index (κ2) is 11.3. The molecule has 0 unspecified atom stereocenters. The van der Waals surface area contributed by atoms with E-state index in [2.05, 4.69) is 121 Å². The van der Waals surface area contributed by atoms with Gasteiger partial charge in [-0.1, -0.05) is 133 Å². The lowest BCUT2D eigenvalue weighted by Crippen LogP contribution is -2.04. The third-order valence-electron chi connectivity index (χ3n) is 9.10. The molecule has 1 aliphatic rings. The summed E-state index contributed by atoms with van der Waals surface area (Å²) in [5, 5.41) is 4.42. The highest BCUT2D eigenvalue weighted by Gasteiger charge is 2.22. The molecule has 2 heterocycles. The van der Waals surface area contributed by atoms with Crippen LogP contribution in [0.4, 0.5) is 0 Å². The first kappa shape index (κ1) is 27.2. The molecule has 0 amide bonds. The molecule has 2 aromatic heterocycles. The topological polar surface area (TPSA) is 51.8 Å². The van der Waals surface area contributed by atoms with Crippen molar-refractivity contribution in [2.24, 2.45) is 0 Å². The van der Waals surface area contributed by atoms with Crippen molar-refractivity contribution < 1.29 is 4.42 Å². The van der Waals surface area contributed by atoms with Gasteiger partial charge in [-0.15, -0.1) is 0 Å². The summed E-state index contributed by atoms with van der Waals surface area (Å²) >= 11 is 0. The minimum Gasteiger partial charge on any atom is -0.455 e. The second-order valence-electron chi connectivity index (χ2n) is 11.9. The SMILES string of the molecule is C1=C(c2ccccc2)CCC(c2nc(-c3ccccc3)nc(-c3ccc(-c4cccc5ccccc45)c4oc5ccccc5c34)n2)=C1. The molecule has 0 saturated carbocycles. The van der Waals surface area contributed by atoms with Gasteiger partial charge < -0.3 is 4.42 Å². The molecule has 0 radical (unpaired) electrons. The van der Waals surface area contributed by atoms with E-state index in [1.165, 1.54) is 21.9 Å². The van der Waals surface area contributed by atoms with Gasteiger partial charge in [0, 0.05) is 27.5 Å². The maximum absolute atomic E-state index is 6.67. The van der Waals surface area contributed by atoms with Crippen molar-refractivity contribution in [2.75, 3.05) is 0 Å². The summed E-state index contributed by atoms with van der Waals surface area (Å²) in [6.07, 6.45) is 6.16. The monoisotopic (exact) mass is 603 g/mol. The maximum atomic E-state index is 6.67. The molecule has 47 heavy (non-hydrogen) atoms. The number of benzene rings is 6. The molecular formula is C43H29N3O. The van der Waals surface area contributed by atoms with Crippen LogP contribution in [0, 0.1) is 0 Å². The number of fused-ring (bicyclic) bond motifs is 4. The van der Waals surface area contributed by atoms with Crippen molar-refractivity contribution in [3.8, 4) is 33.9 Å². The van der Waals surface area contributed by atoms with Gasteiger partial charge in [-0.3, -0.25) is 0 Å². The Balaban J connectivity index is 1.27. The number of hydrogen-bond donors (Lipinski definition) is 0. The second-order valence-corrected chi connectivity index (χ2v) is 11.9. The van der Waals surface area contributed by atoms with Crippen LogP contribution < -0.4 is 0 Å². The number of aromatic nitrogens is 3. The van der Waals surface area contributed by atoms with Crippen molar-refractivity contribution in [3.63, 3.8) is 0 Å². The molecule has 0 bridgehead atoms. The highest BCUT2D eigenvalue weighted by Crippen LogP contribution is 2.43. The summed E-state index contributed by atoms with van der Waals surface area (Å²) in [5.41, 5.74) is 9.40. The Morgan fingerprint density at radius 3 is 1.85 bits per heavy atom. The smallest absolute Gasteiger partial charge is 0.164 e. The molecule has 0 atom stereocenters. The fraction of sp³-hybridized carbons (Fsp3) is 0.0465. The van der Waals surface area contributed by atoms with Gasteiger partial charge in [-0.25, -0.2) is 15.0 Å². The van der Waals surface area contributed by atoms with E-state index in [0.29, 0.717) is 17.5 Å². The lowest BCUT2D eigenvalue weighted by Gasteiger charge is -2.16. The molecule has 0 spiro atoms. The Labute approximate surface area is 272 Å². The summed E-state index contributed by atoms with van der Waals surface area (Å²) < 4.78 is 6.67. The van der Waals surface area contributed by atoms with Crippen LogP contribution in [0.1, 0.15) is 24.2 Å². The third kappa shape index (κ3) is 4.82. The maximum Gasteiger partial charge on any atom is 0.164 e. The molecule has 1 aliphatic carbocycles. The van der Waals surface area contributed by atoms with Gasteiger partial charge in [0.2, 0.25) is 0 Å². The van der Waals surface area contributed by atoms with Gasteiger partial charge in [-0.2, -0.15) is 0 Å². The number of hydrogen-bond acceptors (Lipinski definition) is 4. The van der Waals surface area contributed by atoms with Gasteiger partial charge in [0.15, 0.2) is 17.5 Å². The standard InChI is InChI=1S/C43H29N3O/c1-3-12-28(13-4-1)29-22-24-32(25-23-29)42-44-41(31-15-5-2-6-16-31)45-43(46-42)37-27-26-35(34-20-11-17-30-14-7-8-18-33(30)34)40-39(37)36-19-9-10-21-38(36)47-40/h1-22,24,26-27H,23,25H2.